The van der Waals surface area contributed by atoms with E-state index in [4.69, 9.17) is 4.74 Å². The first kappa shape index (κ1) is 21.5. The predicted octanol–water partition coefficient (Wildman–Crippen LogP) is 2.55. The molecular formula is C18H29IN4O2. The largest absolute Gasteiger partial charge is 0.487 e. The maximum absolute atomic E-state index is 11.7. The maximum Gasteiger partial charge on any atom is 0.223 e. The standard InChI is InChI=1S/C18H28N4O2.HI/c1-18(2)12-14(13-8-6-7-9-15(13)24-18)21-17(19-3)20-11-10-16(23)22(4)5;/h6-9,14H,10-12H2,1-5H3,(H2,19,20,21);1H. The van der Waals surface area contributed by atoms with Gasteiger partial charge in [-0.1, -0.05) is 18.2 Å². The molecule has 1 aromatic rings. The third-order valence-electron chi connectivity index (χ3n) is 4.04. The van der Waals surface area contributed by atoms with Crippen LogP contribution in [0.4, 0.5) is 0 Å². The molecule has 1 heterocycles. The summed E-state index contributed by atoms with van der Waals surface area (Å²) in [5.74, 6) is 1.69. The number of guanidine groups is 1. The molecule has 0 aliphatic carbocycles. The molecule has 0 saturated carbocycles. The molecule has 0 saturated heterocycles. The number of rotatable bonds is 4. The topological polar surface area (TPSA) is 66.0 Å². The van der Waals surface area contributed by atoms with Gasteiger partial charge in [0.15, 0.2) is 5.96 Å². The minimum Gasteiger partial charge on any atom is -0.487 e. The molecule has 0 bridgehead atoms. The second-order valence-electron chi connectivity index (χ2n) is 6.84. The molecule has 0 fully saturated rings. The van der Waals surface area contributed by atoms with Gasteiger partial charge in [0.05, 0.1) is 6.04 Å². The fourth-order valence-electron chi connectivity index (χ4n) is 2.80. The van der Waals surface area contributed by atoms with Gasteiger partial charge >= 0.3 is 0 Å². The van der Waals surface area contributed by atoms with Crippen LogP contribution in [0.1, 0.15) is 38.3 Å². The SMILES string of the molecule is CN=C(NCCC(=O)N(C)C)NC1CC(C)(C)Oc2ccccc21.I. The number of hydrogen-bond acceptors (Lipinski definition) is 3. The summed E-state index contributed by atoms with van der Waals surface area (Å²) >= 11 is 0. The quantitative estimate of drug-likeness (QED) is 0.412. The van der Waals surface area contributed by atoms with Crippen LogP contribution in [-0.2, 0) is 4.79 Å². The van der Waals surface area contributed by atoms with Crippen LogP contribution in [0.15, 0.2) is 29.3 Å². The van der Waals surface area contributed by atoms with Gasteiger partial charge < -0.3 is 20.3 Å². The van der Waals surface area contributed by atoms with Crippen LogP contribution in [0.2, 0.25) is 0 Å². The van der Waals surface area contributed by atoms with E-state index in [0.717, 1.165) is 17.7 Å². The summed E-state index contributed by atoms with van der Waals surface area (Å²) in [7, 11) is 5.26. The summed E-state index contributed by atoms with van der Waals surface area (Å²) < 4.78 is 6.05. The van der Waals surface area contributed by atoms with Crippen molar-refractivity contribution in [2.45, 2.75) is 38.3 Å². The van der Waals surface area contributed by atoms with Crippen molar-refractivity contribution >= 4 is 35.8 Å². The first-order valence-electron chi connectivity index (χ1n) is 8.27. The van der Waals surface area contributed by atoms with Gasteiger partial charge in [-0.05, 0) is 19.9 Å². The van der Waals surface area contributed by atoms with Gasteiger partial charge in [0.2, 0.25) is 5.91 Å². The number of fused-ring (bicyclic) bond motifs is 1. The fourth-order valence-corrected chi connectivity index (χ4v) is 2.80. The molecule has 2 N–H and O–H groups in total. The predicted molar refractivity (Wildman–Crippen MR) is 112 cm³/mol. The van der Waals surface area contributed by atoms with Crippen molar-refractivity contribution in [2.75, 3.05) is 27.7 Å². The number of carbonyl (C=O) groups is 1. The fraction of sp³-hybridized carbons (Fsp3) is 0.556. The lowest BCUT2D eigenvalue weighted by atomic mass is 9.90. The first-order chi connectivity index (χ1) is 11.3. The zero-order valence-electron chi connectivity index (χ0n) is 15.6. The average molecular weight is 460 g/mol. The van der Waals surface area contributed by atoms with Crippen molar-refractivity contribution < 1.29 is 9.53 Å². The van der Waals surface area contributed by atoms with Gasteiger partial charge in [0.1, 0.15) is 11.4 Å². The molecule has 1 aliphatic heterocycles. The smallest absolute Gasteiger partial charge is 0.223 e. The highest BCUT2D eigenvalue weighted by Crippen LogP contribution is 2.39. The van der Waals surface area contributed by atoms with Gasteiger partial charge in [-0.25, -0.2) is 0 Å². The number of aliphatic imine (C=N–C) groups is 1. The molecule has 0 spiro atoms. The van der Waals surface area contributed by atoms with E-state index in [9.17, 15) is 4.79 Å². The number of nitrogens with zero attached hydrogens (tertiary/aromatic N) is 2. The third kappa shape index (κ3) is 6.05. The molecule has 1 amide bonds. The molecule has 2 rings (SSSR count). The Morgan fingerprint density at radius 1 is 1.36 bits per heavy atom. The second-order valence-corrected chi connectivity index (χ2v) is 6.84. The molecule has 7 heteroatoms. The zero-order chi connectivity index (χ0) is 17.7. The van der Waals surface area contributed by atoms with Crippen molar-refractivity contribution in [2.24, 2.45) is 4.99 Å². The van der Waals surface area contributed by atoms with Gasteiger partial charge in [-0.2, -0.15) is 0 Å². The van der Waals surface area contributed by atoms with Crippen LogP contribution in [0, 0.1) is 0 Å². The Bertz CT molecular complexity index is 617. The van der Waals surface area contributed by atoms with E-state index in [2.05, 4.69) is 35.5 Å². The van der Waals surface area contributed by atoms with Gasteiger partial charge in [-0.3, -0.25) is 9.79 Å². The van der Waals surface area contributed by atoms with E-state index in [1.165, 1.54) is 0 Å². The number of nitrogens with one attached hydrogen (secondary N) is 2. The van der Waals surface area contributed by atoms with E-state index >= 15 is 0 Å². The van der Waals surface area contributed by atoms with Crippen LogP contribution < -0.4 is 15.4 Å². The molecule has 1 atom stereocenters. The first-order valence-corrected chi connectivity index (χ1v) is 8.27. The van der Waals surface area contributed by atoms with E-state index in [-0.39, 0.29) is 41.5 Å². The second kappa shape index (κ2) is 9.26. The van der Waals surface area contributed by atoms with Gasteiger partial charge in [0, 0.05) is 46.1 Å². The lowest BCUT2D eigenvalue weighted by Crippen LogP contribution is -2.45. The Morgan fingerprint density at radius 3 is 2.68 bits per heavy atom. The van der Waals surface area contributed by atoms with Crippen LogP contribution >= 0.6 is 24.0 Å². The molecule has 0 radical (unpaired) electrons. The van der Waals surface area contributed by atoms with Crippen molar-refractivity contribution in [1.29, 1.82) is 0 Å². The number of carbonyl (C=O) groups excluding carboxylic acids is 1. The lowest BCUT2D eigenvalue weighted by molar-refractivity contribution is -0.128. The Hall–Kier alpha value is -1.51. The minimum absolute atomic E-state index is 0. The summed E-state index contributed by atoms with van der Waals surface area (Å²) in [4.78, 5) is 17.5. The number of para-hydroxylation sites is 1. The van der Waals surface area contributed by atoms with E-state index < -0.39 is 0 Å². The Labute approximate surface area is 167 Å². The summed E-state index contributed by atoms with van der Waals surface area (Å²) in [6.45, 7) is 4.72. The zero-order valence-corrected chi connectivity index (χ0v) is 18.0. The Balaban J connectivity index is 0.00000312. The summed E-state index contributed by atoms with van der Waals surface area (Å²) in [5, 5.41) is 6.67. The number of benzene rings is 1. The highest BCUT2D eigenvalue weighted by atomic mass is 127. The maximum atomic E-state index is 11.7. The van der Waals surface area contributed by atoms with Crippen molar-refractivity contribution in [1.82, 2.24) is 15.5 Å². The highest BCUT2D eigenvalue weighted by Gasteiger charge is 2.33. The van der Waals surface area contributed by atoms with Crippen LogP contribution in [0.3, 0.4) is 0 Å². The van der Waals surface area contributed by atoms with Gasteiger partial charge in [0.25, 0.3) is 0 Å². The minimum atomic E-state index is -0.244. The number of amides is 1. The van der Waals surface area contributed by atoms with Crippen LogP contribution in [-0.4, -0.2) is 50.1 Å². The monoisotopic (exact) mass is 460 g/mol. The molecule has 1 aromatic carbocycles. The molecule has 140 valence electrons. The molecule has 1 aliphatic rings. The van der Waals surface area contributed by atoms with Crippen LogP contribution in [0.5, 0.6) is 5.75 Å². The van der Waals surface area contributed by atoms with E-state index in [1.807, 2.05) is 18.2 Å². The lowest BCUT2D eigenvalue weighted by Gasteiger charge is -2.38. The molecule has 1 unspecified atom stereocenters. The Morgan fingerprint density at radius 2 is 2.04 bits per heavy atom. The molecule has 6 nitrogen and oxygen atoms in total. The summed E-state index contributed by atoms with van der Waals surface area (Å²) in [6, 6.07) is 8.18. The number of halogens is 1. The normalized spacial score (nSPS) is 18.3. The highest BCUT2D eigenvalue weighted by molar-refractivity contribution is 14.0. The van der Waals surface area contributed by atoms with Crippen molar-refractivity contribution in [3.63, 3.8) is 0 Å². The van der Waals surface area contributed by atoms with Crippen LogP contribution in [0.25, 0.3) is 0 Å². The van der Waals surface area contributed by atoms with Crippen molar-refractivity contribution in [3.05, 3.63) is 29.8 Å². The summed E-state index contributed by atoms with van der Waals surface area (Å²) in [5.41, 5.74) is 0.885. The average Bonchev–Trinajstić information content (AvgIpc) is 2.52. The molecular weight excluding hydrogens is 431 g/mol. The number of ether oxygens (including phenoxy) is 1. The van der Waals surface area contributed by atoms with Crippen molar-refractivity contribution in [3.8, 4) is 5.75 Å². The van der Waals surface area contributed by atoms with E-state index in [0.29, 0.717) is 18.9 Å². The van der Waals surface area contributed by atoms with E-state index in [1.54, 1.807) is 26.0 Å². The third-order valence-corrected chi connectivity index (χ3v) is 4.04. The van der Waals surface area contributed by atoms with Gasteiger partial charge in [-0.15, -0.1) is 24.0 Å². The Kier molecular flexibility index (Phi) is 7.98. The molecule has 0 aromatic heterocycles. The molecule has 25 heavy (non-hydrogen) atoms. The number of hydrogen-bond donors (Lipinski definition) is 2. The summed E-state index contributed by atoms with van der Waals surface area (Å²) in [6.07, 6.45) is 1.27.